The predicted molar refractivity (Wildman–Crippen MR) is 85.2 cm³/mol. The molecular formula is C17H16ClN3. The molecule has 3 nitrogen and oxygen atoms in total. The van der Waals surface area contributed by atoms with Gasteiger partial charge in [-0.1, -0.05) is 29.8 Å². The third-order valence-corrected chi connectivity index (χ3v) is 3.62. The van der Waals surface area contributed by atoms with E-state index in [1.807, 2.05) is 48.9 Å². The van der Waals surface area contributed by atoms with Crippen molar-refractivity contribution < 1.29 is 0 Å². The first-order valence-corrected chi connectivity index (χ1v) is 7.37. The summed E-state index contributed by atoms with van der Waals surface area (Å²) in [4.78, 5) is 8.59. The highest BCUT2D eigenvalue weighted by Crippen LogP contribution is 2.21. The van der Waals surface area contributed by atoms with Gasteiger partial charge >= 0.3 is 0 Å². The molecular weight excluding hydrogens is 282 g/mol. The summed E-state index contributed by atoms with van der Waals surface area (Å²) in [5.41, 5.74) is 2.32. The van der Waals surface area contributed by atoms with Crippen molar-refractivity contribution in [3.8, 4) is 11.4 Å². The van der Waals surface area contributed by atoms with E-state index in [-0.39, 0.29) is 0 Å². The van der Waals surface area contributed by atoms with Gasteiger partial charge in [0.1, 0.15) is 5.82 Å². The van der Waals surface area contributed by atoms with E-state index in [2.05, 4.69) is 20.6 Å². The zero-order valence-electron chi connectivity index (χ0n) is 11.6. The van der Waals surface area contributed by atoms with Crippen LogP contribution in [0.15, 0.2) is 61.2 Å². The minimum absolute atomic E-state index is 0.734. The van der Waals surface area contributed by atoms with E-state index in [1.54, 1.807) is 6.20 Å². The maximum atomic E-state index is 6.05. The van der Waals surface area contributed by atoms with Gasteiger partial charge in [0.25, 0.3) is 0 Å². The van der Waals surface area contributed by atoms with Gasteiger partial charge in [-0.05, 0) is 36.6 Å². The van der Waals surface area contributed by atoms with Crippen molar-refractivity contribution >= 4 is 11.6 Å². The van der Waals surface area contributed by atoms with Crippen molar-refractivity contribution in [3.05, 3.63) is 71.8 Å². The summed E-state index contributed by atoms with van der Waals surface area (Å²) in [7, 11) is 0. The van der Waals surface area contributed by atoms with E-state index in [1.165, 1.54) is 5.56 Å². The summed E-state index contributed by atoms with van der Waals surface area (Å²) >= 11 is 6.05. The molecule has 0 radical (unpaired) electrons. The highest BCUT2D eigenvalue weighted by atomic mass is 35.5. The Morgan fingerprint density at radius 2 is 2.05 bits per heavy atom. The Kier molecular flexibility index (Phi) is 4.31. The molecule has 2 heterocycles. The van der Waals surface area contributed by atoms with Crippen LogP contribution in [0.4, 0.5) is 0 Å². The Bertz CT molecular complexity index is 707. The molecule has 4 heteroatoms. The van der Waals surface area contributed by atoms with Gasteiger partial charge in [-0.15, -0.1) is 0 Å². The first kappa shape index (κ1) is 13.8. The zero-order valence-corrected chi connectivity index (χ0v) is 12.4. The molecule has 0 aliphatic rings. The van der Waals surface area contributed by atoms with Crippen molar-refractivity contribution in [2.45, 2.75) is 19.4 Å². The number of hydrogen-bond donors (Lipinski definition) is 0. The minimum atomic E-state index is 0.734. The Morgan fingerprint density at radius 1 is 1.10 bits per heavy atom. The molecule has 0 saturated heterocycles. The van der Waals surface area contributed by atoms with E-state index in [0.29, 0.717) is 0 Å². The van der Waals surface area contributed by atoms with Gasteiger partial charge in [-0.3, -0.25) is 4.98 Å². The molecule has 0 bridgehead atoms. The maximum absolute atomic E-state index is 6.05. The van der Waals surface area contributed by atoms with Crippen LogP contribution in [0.5, 0.6) is 0 Å². The SMILES string of the molecule is Clc1cccc(-c2nccn2CCCc2cccnc2)c1. The van der Waals surface area contributed by atoms with Crippen molar-refractivity contribution in [2.75, 3.05) is 0 Å². The number of aryl methyl sites for hydroxylation is 2. The molecule has 0 N–H and O–H groups in total. The van der Waals surface area contributed by atoms with Crippen molar-refractivity contribution in [1.82, 2.24) is 14.5 Å². The third-order valence-electron chi connectivity index (χ3n) is 3.39. The molecule has 1 aromatic carbocycles. The van der Waals surface area contributed by atoms with Crippen LogP contribution in [0.1, 0.15) is 12.0 Å². The fourth-order valence-corrected chi connectivity index (χ4v) is 2.57. The predicted octanol–water partition coefficient (Wildman–Crippen LogP) is 4.23. The Hall–Kier alpha value is -2.13. The van der Waals surface area contributed by atoms with E-state index in [4.69, 9.17) is 11.6 Å². The molecule has 106 valence electrons. The van der Waals surface area contributed by atoms with Crippen LogP contribution in [-0.2, 0) is 13.0 Å². The van der Waals surface area contributed by atoms with Gasteiger partial charge in [0, 0.05) is 41.9 Å². The largest absolute Gasteiger partial charge is 0.331 e. The molecule has 0 aliphatic heterocycles. The van der Waals surface area contributed by atoms with Crippen LogP contribution >= 0.6 is 11.6 Å². The number of halogens is 1. The second-order valence-corrected chi connectivity index (χ2v) is 5.36. The number of aromatic nitrogens is 3. The Balaban J connectivity index is 1.69. The summed E-state index contributed by atoms with van der Waals surface area (Å²) in [5.74, 6) is 0.962. The summed E-state index contributed by atoms with van der Waals surface area (Å²) in [6.45, 7) is 0.927. The van der Waals surface area contributed by atoms with Crippen molar-refractivity contribution in [2.24, 2.45) is 0 Å². The van der Waals surface area contributed by atoms with Crippen LogP contribution in [-0.4, -0.2) is 14.5 Å². The fraction of sp³-hybridized carbons (Fsp3) is 0.176. The average Bonchev–Trinajstić information content (AvgIpc) is 2.97. The number of hydrogen-bond acceptors (Lipinski definition) is 2. The van der Waals surface area contributed by atoms with Gasteiger partial charge in [0.2, 0.25) is 0 Å². The summed E-state index contributed by atoms with van der Waals surface area (Å²) < 4.78 is 2.17. The Morgan fingerprint density at radius 3 is 2.86 bits per heavy atom. The monoisotopic (exact) mass is 297 g/mol. The summed E-state index contributed by atoms with van der Waals surface area (Å²) in [6.07, 6.45) is 9.64. The molecule has 3 rings (SSSR count). The quantitative estimate of drug-likeness (QED) is 0.705. The molecule has 0 unspecified atom stereocenters. The zero-order chi connectivity index (χ0) is 14.5. The molecule has 0 aliphatic carbocycles. The van der Waals surface area contributed by atoms with Crippen LogP contribution in [0, 0.1) is 0 Å². The number of nitrogens with zero attached hydrogens (tertiary/aromatic N) is 3. The van der Waals surface area contributed by atoms with Crippen molar-refractivity contribution in [3.63, 3.8) is 0 Å². The average molecular weight is 298 g/mol. The fourth-order valence-electron chi connectivity index (χ4n) is 2.38. The summed E-state index contributed by atoms with van der Waals surface area (Å²) in [6, 6.07) is 11.9. The molecule has 21 heavy (non-hydrogen) atoms. The molecule has 0 saturated carbocycles. The molecule has 0 spiro atoms. The molecule has 2 aromatic heterocycles. The normalized spacial score (nSPS) is 10.7. The molecule has 0 amide bonds. The third kappa shape index (κ3) is 3.50. The first-order chi connectivity index (χ1) is 10.3. The minimum Gasteiger partial charge on any atom is -0.331 e. The van der Waals surface area contributed by atoms with E-state index >= 15 is 0 Å². The Labute approximate surface area is 129 Å². The first-order valence-electron chi connectivity index (χ1n) is 6.99. The van der Waals surface area contributed by atoms with Gasteiger partial charge < -0.3 is 4.57 Å². The number of rotatable bonds is 5. The van der Waals surface area contributed by atoms with Gasteiger partial charge in [-0.25, -0.2) is 4.98 Å². The smallest absolute Gasteiger partial charge is 0.139 e. The van der Waals surface area contributed by atoms with Crippen molar-refractivity contribution in [1.29, 1.82) is 0 Å². The maximum Gasteiger partial charge on any atom is 0.139 e. The van der Waals surface area contributed by atoms with Crippen LogP contribution in [0.3, 0.4) is 0 Å². The number of benzene rings is 1. The second kappa shape index (κ2) is 6.55. The van der Waals surface area contributed by atoms with E-state index in [0.717, 1.165) is 35.8 Å². The highest BCUT2D eigenvalue weighted by molar-refractivity contribution is 6.30. The highest BCUT2D eigenvalue weighted by Gasteiger charge is 2.06. The second-order valence-electron chi connectivity index (χ2n) is 4.92. The van der Waals surface area contributed by atoms with E-state index < -0.39 is 0 Å². The van der Waals surface area contributed by atoms with Crippen LogP contribution in [0.25, 0.3) is 11.4 Å². The number of imidazole rings is 1. The summed E-state index contributed by atoms with van der Waals surface area (Å²) in [5, 5.41) is 0.734. The van der Waals surface area contributed by atoms with Crippen LogP contribution in [0.2, 0.25) is 5.02 Å². The lowest BCUT2D eigenvalue weighted by atomic mass is 10.1. The lowest BCUT2D eigenvalue weighted by molar-refractivity contribution is 0.647. The number of pyridine rings is 1. The van der Waals surface area contributed by atoms with Gasteiger partial charge in [-0.2, -0.15) is 0 Å². The van der Waals surface area contributed by atoms with Gasteiger partial charge in [0.05, 0.1) is 0 Å². The topological polar surface area (TPSA) is 30.7 Å². The molecule has 0 atom stereocenters. The molecule has 3 aromatic rings. The van der Waals surface area contributed by atoms with Crippen LogP contribution < -0.4 is 0 Å². The molecule has 0 fully saturated rings. The lowest BCUT2D eigenvalue weighted by Gasteiger charge is -2.08. The van der Waals surface area contributed by atoms with E-state index in [9.17, 15) is 0 Å². The van der Waals surface area contributed by atoms with Gasteiger partial charge in [0.15, 0.2) is 0 Å². The lowest BCUT2D eigenvalue weighted by Crippen LogP contribution is -2.01. The standard InChI is InChI=1S/C17H16ClN3/c18-16-7-1-6-15(12-16)17-20-9-11-21(17)10-3-5-14-4-2-8-19-13-14/h1-2,4,6-9,11-13H,3,5,10H2.